The molecule has 0 N–H and O–H groups in total. The average molecular weight is 309 g/mol. The first-order valence-corrected chi connectivity index (χ1v) is 5.55. The van der Waals surface area contributed by atoms with Gasteiger partial charge in [-0.1, -0.05) is 12.1 Å². The Hall–Kier alpha value is -1.23. The molecule has 1 heterocycles. The fourth-order valence-corrected chi connectivity index (χ4v) is 1.84. The molecule has 0 saturated heterocycles. The van der Waals surface area contributed by atoms with Crippen molar-refractivity contribution in [3.63, 3.8) is 0 Å². The third kappa shape index (κ3) is 2.41. The highest BCUT2D eigenvalue weighted by Crippen LogP contribution is 2.12. The summed E-state index contributed by atoms with van der Waals surface area (Å²) in [5, 5.41) is 0. The third-order valence-corrected chi connectivity index (χ3v) is 2.68. The highest BCUT2D eigenvalue weighted by atomic mass is 127. The van der Waals surface area contributed by atoms with E-state index >= 15 is 0 Å². The second-order valence-electron chi connectivity index (χ2n) is 3.08. The van der Waals surface area contributed by atoms with E-state index in [1.54, 1.807) is 24.5 Å². The van der Waals surface area contributed by atoms with E-state index in [4.69, 9.17) is 0 Å². The van der Waals surface area contributed by atoms with E-state index < -0.39 is 0 Å². The lowest BCUT2D eigenvalue weighted by Gasteiger charge is -2.00. The van der Waals surface area contributed by atoms with Gasteiger partial charge in [0, 0.05) is 27.1 Å². The summed E-state index contributed by atoms with van der Waals surface area (Å²) >= 11 is 2.19. The number of carbonyl (C=O) groups excluding carboxylic acids is 1. The van der Waals surface area contributed by atoms with Gasteiger partial charge in [0.2, 0.25) is 0 Å². The van der Waals surface area contributed by atoms with Gasteiger partial charge in [0.25, 0.3) is 0 Å². The van der Waals surface area contributed by atoms with E-state index in [2.05, 4.69) is 27.6 Å². The van der Waals surface area contributed by atoms with Crippen molar-refractivity contribution in [2.24, 2.45) is 0 Å². The number of pyridine rings is 1. The molecule has 2 nitrogen and oxygen atoms in total. The van der Waals surface area contributed by atoms with Crippen molar-refractivity contribution in [3.8, 4) is 0 Å². The molecule has 2 aromatic rings. The Morgan fingerprint density at radius 2 is 1.93 bits per heavy atom. The van der Waals surface area contributed by atoms with E-state index in [9.17, 15) is 4.79 Å². The summed E-state index contributed by atoms with van der Waals surface area (Å²) in [5.74, 6) is 0.0154. The summed E-state index contributed by atoms with van der Waals surface area (Å²) in [6.07, 6.45) is 3.24. The summed E-state index contributed by atoms with van der Waals surface area (Å²) in [5.41, 5.74) is 1.33. The number of nitrogens with zero attached hydrogens (tertiary/aromatic N) is 1. The van der Waals surface area contributed by atoms with Gasteiger partial charge < -0.3 is 0 Å². The van der Waals surface area contributed by atoms with Gasteiger partial charge in [-0.05, 0) is 46.9 Å². The fraction of sp³-hybridized carbons (Fsp3) is 0. The maximum atomic E-state index is 12.0. The van der Waals surface area contributed by atoms with Crippen molar-refractivity contribution in [1.29, 1.82) is 0 Å². The van der Waals surface area contributed by atoms with Crippen LogP contribution < -0.4 is 0 Å². The smallest absolute Gasteiger partial charge is 0.194 e. The lowest BCUT2D eigenvalue weighted by molar-refractivity contribution is 0.103. The van der Waals surface area contributed by atoms with Gasteiger partial charge in [0.15, 0.2) is 5.78 Å². The molecule has 0 aliphatic heterocycles. The molecular formula is C12H8INO. The molecule has 74 valence electrons. The van der Waals surface area contributed by atoms with Gasteiger partial charge in [0.1, 0.15) is 0 Å². The molecule has 0 saturated carbocycles. The molecule has 0 atom stereocenters. The summed E-state index contributed by atoms with van der Waals surface area (Å²) in [4.78, 5) is 15.9. The molecule has 0 aliphatic carbocycles. The van der Waals surface area contributed by atoms with Gasteiger partial charge in [-0.2, -0.15) is 0 Å². The van der Waals surface area contributed by atoms with Crippen LogP contribution in [0.3, 0.4) is 0 Å². The predicted octanol–water partition coefficient (Wildman–Crippen LogP) is 2.92. The Balaban J connectivity index is 2.37. The van der Waals surface area contributed by atoms with Crippen molar-refractivity contribution in [1.82, 2.24) is 4.98 Å². The van der Waals surface area contributed by atoms with E-state index in [-0.39, 0.29) is 5.78 Å². The second kappa shape index (κ2) is 4.53. The molecular weight excluding hydrogens is 301 g/mol. The summed E-state index contributed by atoms with van der Waals surface area (Å²) < 4.78 is 1.06. The number of hydrogen-bond acceptors (Lipinski definition) is 2. The van der Waals surface area contributed by atoms with Crippen LogP contribution >= 0.6 is 22.6 Å². The highest BCUT2D eigenvalue weighted by molar-refractivity contribution is 14.1. The number of halogens is 1. The van der Waals surface area contributed by atoms with E-state index in [0.29, 0.717) is 11.1 Å². The Bertz CT molecular complexity index is 482. The molecule has 0 spiro atoms. The van der Waals surface area contributed by atoms with Crippen LogP contribution in [0.5, 0.6) is 0 Å². The first-order valence-electron chi connectivity index (χ1n) is 4.47. The molecule has 15 heavy (non-hydrogen) atoms. The Kier molecular flexibility index (Phi) is 3.11. The fourth-order valence-electron chi connectivity index (χ4n) is 1.29. The van der Waals surface area contributed by atoms with Gasteiger partial charge in [-0.3, -0.25) is 9.78 Å². The minimum absolute atomic E-state index is 0.0154. The number of rotatable bonds is 2. The molecule has 3 heteroatoms. The first-order chi connectivity index (χ1) is 7.27. The molecule has 0 fully saturated rings. The maximum absolute atomic E-state index is 12.0. The zero-order valence-corrected chi connectivity index (χ0v) is 10.0. The lowest BCUT2D eigenvalue weighted by atomic mass is 10.1. The van der Waals surface area contributed by atoms with Gasteiger partial charge in [-0.15, -0.1) is 0 Å². The molecule has 0 aliphatic rings. The first kappa shape index (κ1) is 10.3. The number of carbonyl (C=O) groups is 1. The predicted molar refractivity (Wildman–Crippen MR) is 66.8 cm³/mol. The third-order valence-electron chi connectivity index (χ3n) is 2.01. The van der Waals surface area contributed by atoms with Crippen LogP contribution in [-0.2, 0) is 0 Å². The van der Waals surface area contributed by atoms with Crippen molar-refractivity contribution in [2.75, 3.05) is 0 Å². The summed E-state index contributed by atoms with van der Waals surface area (Å²) in [6.45, 7) is 0. The maximum Gasteiger partial charge on any atom is 0.194 e. The van der Waals surface area contributed by atoms with Crippen LogP contribution in [0.2, 0.25) is 0 Å². The van der Waals surface area contributed by atoms with Crippen LogP contribution in [0.4, 0.5) is 0 Å². The van der Waals surface area contributed by atoms with Gasteiger partial charge in [-0.25, -0.2) is 0 Å². The Morgan fingerprint density at radius 3 is 2.60 bits per heavy atom. The molecule has 1 aromatic heterocycles. The van der Waals surface area contributed by atoms with Gasteiger partial charge >= 0.3 is 0 Å². The van der Waals surface area contributed by atoms with Gasteiger partial charge in [0.05, 0.1) is 0 Å². The number of hydrogen-bond donors (Lipinski definition) is 0. The molecule has 1 aromatic carbocycles. The monoisotopic (exact) mass is 309 g/mol. The molecule has 0 unspecified atom stereocenters. The van der Waals surface area contributed by atoms with Crippen LogP contribution in [0.25, 0.3) is 0 Å². The average Bonchev–Trinajstić information content (AvgIpc) is 2.29. The molecule has 2 rings (SSSR count). The van der Waals surface area contributed by atoms with Crippen LogP contribution in [0, 0.1) is 3.57 Å². The second-order valence-corrected chi connectivity index (χ2v) is 4.33. The van der Waals surface area contributed by atoms with Crippen LogP contribution in [0.15, 0.2) is 48.8 Å². The zero-order chi connectivity index (χ0) is 10.7. The normalized spacial score (nSPS) is 9.93. The largest absolute Gasteiger partial charge is 0.289 e. The highest BCUT2D eigenvalue weighted by Gasteiger charge is 2.08. The molecule has 0 radical (unpaired) electrons. The minimum Gasteiger partial charge on any atom is -0.289 e. The van der Waals surface area contributed by atoms with E-state index in [0.717, 1.165) is 3.57 Å². The van der Waals surface area contributed by atoms with Crippen LogP contribution in [-0.4, -0.2) is 10.8 Å². The molecule has 0 bridgehead atoms. The Morgan fingerprint density at radius 1 is 1.13 bits per heavy atom. The SMILES string of the molecule is O=C(c1cccnc1)c1cccc(I)c1. The number of ketones is 1. The van der Waals surface area contributed by atoms with Crippen molar-refractivity contribution in [3.05, 3.63) is 63.5 Å². The van der Waals surface area contributed by atoms with Crippen molar-refractivity contribution < 1.29 is 4.79 Å². The van der Waals surface area contributed by atoms with E-state index in [1.165, 1.54) is 0 Å². The van der Waals surface area contributed by atoms with Crippen molar-refractivity contribution >= 4 is 28.4 Å². The number of benzene rings is 1. The van der Waals surface area contributed by atoms with Crippen LogP contribution in [0.1, 0.15) is 15.9 Å². The number of aromatic nitrogens is 1. The standard InChI is InChI=1S/C12H8INO/c13-11-5-1-3-9(7-11)12(15)10-4-2-6-14-8-10/h1-8H. The minimum atomic E-state index is 0.0154. The Labute approximate surface area is 101 Å². The summed E-state index contributed by atoms with van der Waals surface area (Å²) in [7, 11) is 0. The quantitative estimate of drug-likeness (QED) is 0.631. The zero-order valence-electron chi connectivity index (χ0n) is 7.85. The molecule has 0 amide bonds. The lowest BCUT2D eigenvalue weighted by Crippen LogP contribution is -2.01. The van der Waals surface area contributed by atoms with E-state index in [1.807, 2.05) is 24.3 Å². The van der Waals surface area contributed by atoms with Crippen molar-refractivity contribution in [2.45, 2.75) is 0 Å². The topological polar surface area (TPSA) is 30.0 Å². The summed E-state index contributed by atoms with van der Waals surface area (Å²) in [6, 6.07) is 11.1.